The van der Waals surface area contributed by atoms with Crippen LogP contribution in [-0.2, 0) is 4.79 Å². The standard InChI is InChI=1S/C12H16N2O2/c1-12(2)7-14(3)10-8(13-11(12)16)5-4-6-9(10)15/h4-6,15H,7H2,1-3H3,(H,13,16). The van der Waals surface area contributed by atoms with E-state index in [0.29, 0.717) is 17.9 Å². The Morgan fingerprint density at radius 3 is 2.81 bits per heavy atom. The maximum absolute atomic E-state index is 11.9. The summed E-state index contributed by atoms with van der Waals surface area (Å²) >= 11 is 0. The first-order valence-corrected chi connectivity index (χ1v) is 5.26. The minimum Gasteiger partial charge on any atom is -0.506 e. The number of nitrogens with one attached hydrogen (secondary N) is 1. The Balaban J connectivity index is 2.53. The molecule has 0 saturated heterocycles. The van der Waals surface area contributed by atoms with Gasteiger partial charge in [-0.2, -0.15) is 0 Å². The van der Waals surface area contributed by atoms with Crippen LogP contribution >= 0.6 is 0 Å². The van der Waals surface area contributed by atoms with E-state index in [2.05, 4.69) is 5.32 Å². The van der Waals surface area contributed by atoms with Crippen LogP contribution < -0.4 is 10.2 Å². The van der Waals surface area contributed by atoms with Crippen molar-refractivity contribution in [3.05, 3.63) is 18.2 Å². The molecular formula is C12H16N2O2. The second kappa shape index (κ2) is 3.40. The van der Waals surface area contributed by atoms with Gasteiger partial charge in [-0.15, -0.1) is 0 Å². The van der Waals surface area contributed by atoms with Crippen molar-refractivity contribution in [1.29, 1.82) is 0 Å². The van der Waals surface area contributed by atoms with E-state index < -0.39 is 5.41 Å². The molecule has 16 heavy (non-hydrogen) atoms. The predicted molar refractivity (Wildman–Crippen MR) is 63.8 cm³/mol. The van der Waals surface area contributed by atoms with E-state index >= 15 is 0 Å². The van der Waals surface area contributed by atoms with Gasteiger partial charge >= 0.3 is 0 Å². The number of aromatic hydroxyl groups is 1. The number of para-hydroxylation sites is 1. The van der Waals surface area contributed by atoms with Crippen LogP contribution in [-0.4, -0.2) is 24.6 Å². The van der Waals surface area contributed by atoms with Crippen LogP contribution in [0.3, 0.4) is 0 Å². The molecule has 0 aliphatic carbocycles. The molecular weight excluding hydrogens is 204 g/mol. The molecule has 0 unspecified atom stereocenters. The fourth-order valence-electron chi connectivity index (χ4n) is 2.07. The normalized spacial score (nSPS) is 18.7. The van der Waals surface area contributed by atoms with Crippen molar-refractivity contribution in [2.24, 2.45) is 5.41 Å². The highest BCUT2D eigenvalue weighted by Gasteiger charge is 2.34. The Hall–Kier alpha value is -1.71. The molecule has 0 bridgehead atoms. The van der Waals surface area contributed by atoms with E-state index in [-0.39, 0.29) is 11.7 Å². The molecule has 4 nitrogen and oxygen atoms in total. The zero-order valence-electron chi connectivity index (χ0n) is 9.74. The lowest BCUT2D eigenvalue weighted by Gasteiger charge is -2.26. The van der Waals surface area contributed by atoms with Gasteiger partial charge in [-0.05, 0) is 26.0 Å². The SMILES string of the molecule is CN1CC(C)(C)C(=O)Nc2cccc(O)c21. The van der Waals surface area contributed by atoms with Gasteiger partial charge in [-0.3, -0.25) is 4.79 Å². The molecule has 4 heteroatoms. The number of carbonyl (C=O) groups is 1. The highest BCUT2D eigenvalue weighted by atomic mass is 16.3. The topological polar surface area (TPSA) is 52.6 Å². The molecule has 0 radical (unpaired) electrons. The van der Waals surface area contributed by atoms with Crippen LogP contribution in [0, 0.1) is 5.41 Å². The zero-order valence-corrected chi connectivity index (χ0v) is 9.74. The maximum Gasteiger partial charge on any atom is 0.231 e. The van der Waals surface area contributed by atoms with E-state index in [1.165, 1.54) is 0 Å². The first-order chi connectivity index (χ1) is 7.42. The fourth-order valence-corrected chi connectivity index (χ4v) is 2.07. The van der Waals surface area contributed by atoms with Crippen molar-refractivity contribution >= 4 is 17.3 Å². The molecule has 0 spiro atoms. The van der Waals surface area contributed by atoms with E-state index in [4.69, 9.17) is 0 Å². The molecule has 0 fully saturated rings. The smallest absolute Gasteiger partial charge is 0.231 e. The van der Waals surface area contributed by atoms with E-state index in [1.54, 1.807) is 18.2 Å². The highest BCUT2D eigenvalue weighted by Crippen LogP contribution is 2.39. The van der Waals surface area contributed by atoms with Gasteiger partial charge in [0, 0.05) is 13.6 Å². The molecule has 1 heterocycles. The highest BCUT2D eigenvalue weighted by molar-refractivity contribution is 6.00. The molecule has 1 amide bonds. The summed E-state index contributed by atoms with van der Waals surface area (Å²) < 4.78 is 0. The zero-order chi connectivity index (χ0) is 11.9. The number of carbonyl (C=O) groups excluding carboxylic acids is 1. The summed E-state index contributed by atoms with van der Waals surface area (Å²) in [6, 6.07) is 5.14. The number of amides is 1. The summed E-state index contributed by atoms with van der Waals surface area (Å²) in [5.41, 5.74) is 0.875. The number of fused-ring (bicyclic) bond motifs is 1. The largest absolute Gasteiger partial charge is 0.506 e. The van der Waals surface area contributed by atoms with Gasteiger partial charge in [0.05, 0.1) is 11.1 Å². The molecule has 2 N–H and O–H groups in total. The summed E-state index contributed by atoms with van der Waals surface area (Å²) in [5, 5.41) is 12.7. The summed E-state index contributed by atoms with van der Waals surface area (Å²) in [6.45, 7) is 4.35. The minimum absolute atomic E-state index is 0.0244. The van der Waals surface area contributed by atoms with Crippen molar-refractivity contribution in [3.8, 4) is 5.75 Å². The molecule has 1 aromatic carbocycles. The average molecular weight is 220 g/mol. The van der Waals surface area contributed by atoms with Crippen LogP contribution in [0.25, 0.3) is 0 Å². The molecule has 1 aliphatic rings. The number of anilines is 2. The molecule has 1 aromatic rings. The number of phenols is 1. The molecule has 2 rings (SSSR count). The maximum atomic E-state index is 11.9. The van der Waals surface area contributed by atoms with Gasteiger partial charge < -0.3 is 15.3 Å². The Labute approximate surface area is 94.9 Å². The third kappa shape index (κ3) is 1.60. The molecule has 86 valence electrons. The summed E-state index contributed by atoms with van der Waals surface area (Å²) in [5.74, 6) is 0.168. The lowest BCUT2D eigenvalue weighted by Crippen LogP contribution is -2.37. The number of rotatable bonds is 0. The van der Waals surface area contributed by atoms with Gasteiger partial charge in [-0.1, -0.05) is 6.07 Å². The Morgan fingerprint density at radius 1 is 1.44 bits per heavy atom. The van der Waals surface area contributed by atoms with E-state index in [9.17, 15) is 9.90 Å². The third-order valence-corrected chi connectivity index (χ3v) is 2.89. The number of nitrogens with zero attached hydrogens (tertiary/aromatic N) is 1. The van der Waals surface area contributed by atoms with Crippen LogP contribution in [0.15, 0.2) is 18.2 Å². The fraction of sp³-hybridized carbons (Fsp3) is 0.417. The van der Waals surface area contributed by atoms with Crippen LogP contribution in [0.5, 0.6) is 5.75 Å². The van der Waals surface area contributed by atoms with Crippen molar-refractivity contribution in [3.63, 3.8) is 0 Å². The monoisotopic (exact) mass is 220 g/mol. The van der Waals surface area contributed by atoms with Crippen molar-refractivity contribution in [1.82, 2.24) is 0 Å². The van der Waals surface area contributed by atoms with Crippen LogP contribution in [0.1, 0.15) is 13.8 Å². The van der Waals surface area contributed by atoms with E-state index in [1.807, 2.05) is 25.8 Å². The number of phenolic OH excluding ortho intramolecular Hbond substituents is 1. The summed E-state index contributed by atoms with van der Waals surface area (Å²) in [6.07, 6.45) is 0. The predicted octanol–water partition coefficient (Wildman–Crippen LogP) is 1.81. The van der Waals surface area contributed by atoms with Gasteiger partial charge in [0.25, 0.3) is 0 Å². The Morgan fingerprint density at radius 2 is 2.12 bits per heavy atom. The first kappa shape index (κ1) is 10.8. The van der Waals surface area contributed by atoms with Gasteiger partial charge in [0.15, 0.2) is 0 Å². The van der Waals surface area contributed by atoms with Gasteiger partial charge in [0.1, 0.15) is 11.4 Å². The molecule has 0 atom stereocenters. The molecule has 0 saturated carbocycles. The molecule has 0 aromatic heterocycles. The summed E-state index contributed by atoms with van der Waals surface area (Å²) in [7, 11) is 1.88. The second-order valence-electron chi connectivity index (χ2n) is 4.87. The minimum atomic E-state index is -0.472. The Bertz CT molecular complexity index is 441. The lowest BCUT2D eigenvalue weighted by atomic mass is 9.92. The van der Waals surface area contributed by atoms with Gasteiger partial charge in [0.2, 0.25) is 5.91 Å². The first-order valence-electron chi connectivity index (χ1n) is 5.26. The van der Waals surface area contributed by atoms with Crippen molar-refractivity contribution < 1.29 is 9.90 Å². The van der Waals surface area contributed by atoms with E-state index in [0.717, 1.165) is 0 Å². The van der Waals surface area contributed by atoms with Crippen LogP contribution in [0.2, 0.25) is 0 Å². The van der Waals surface area contributed by atoms with Crippen LogP contribution in [0.4, 0.5) is 11.4 Å². The van der Waals surface area contributed by atoms with Crippen molar-refractivity contribution in [2.45, 2.75) is 13.8 Å². The number of hydrogen-bond acceptors (Lipinski definition) is 3. The number of benzene rings is 1. The second-order valence-corrected chi connectivity index (χ2v) is 4.87. The third-order valence-electron chi connectivity index (χ3n) is 2.89. The molecule has 1 aliphatic heterocycles. The average Bonchev–Trinajstić information content (AvgIpc) is 2.23. The number of hydrogen-bond donors (Lipinski definition) is 2. The van der Waals surface area contributed by atoms with Crippen molar-refractivity contribution in [2.75, 3.05) is 23.8 Å². The lowest BCUT2D eigenvalue weighted by molar-refractivity contribution is -0.123. The summed E-state index contributed by atoms with van der Waals surface area (Å²) in [4.78, 5) is 13.8. The Kier molecular flexibility index (Phi) is 2.30. The quantitative estimate of drug-likeness (QED) is 0.701. The van der Waals surface area contributed by atoms with Gasteiger partial charge in [-0.25, -0.2) is 0 Å².